The standard InChI is InChI=1S/C15H12O3S/c1-10-6-7-11-9-19(17,18)14-5-3-2-4-12(14)15(16)13(11)8-10/h2-8H,9H2,1H3. The summed E-state index contributed by atoms with van der Waals surface area (Å²) < 4.78 is 24.7. The number of fused-ring (bicyclic) bond motifs is 2. The number of hydrogen-bond acceptors (Lipinski definition) is 3. The van der Waals surface area contributed by atoms with E-state index in [0.29, 0.717) is 11.1 Å². The molecule has 1 heterocycles. The highest BCUT2D eigenvalue weighted by Gasteiger charge is 2.29. The van der Waals surface area contributed by atoms with Crippen LogP contribution in [0.5, 0.6) is 0 Å². The van der Waals surface area contributed by atoms with E-state index >= 15 is 0 Å². The van der Waals surface area contributed by atoms with Crippen LogP contribution in [-0.2, 0) is 15.6 Å². The maximum Gasteiger partial charge on any atom is 0.194 e. The van der Waals surface area contributed by atoms with Crippen LogP contribution in [0.4, 0.5) is 0 Å². The highest BCUT2D eigenvalue weighted by atomic mass is 32.2. The molecule has 0 saturated carbocycles. The maximum absolute atomic E-state index is 12.5. The Balaban J connectivity index is 2.38. The molecule has 0 radical (unpaired) electrons. The summed E-state index contributed by atoms with van der Waals surface area (Å²) in [4.78, 5) is 12.6. The van der Waals surface area contributed by atoms with E-state index in [1.165, 1.54) is 6.07 Å². The van der Waals surface area contributed by atoms with E-state index < -0.39 is 9.84 Å². The average molecular weight is 272 g/mol. The Bertz CT molecular complexity index is 789. The van der Waals surface area contributed by atoms with Crippen molar-refractivity contribution in [2.45, 2.75) is 17.6 Å². The second kappa shape index (κ2) is 4.03. The van der Waals surface area contributed by atoms with Gasteiger partial charge < -0.3 is 0 Å². The first-order chi connectivity index (χ1) is 8.99. The number of rotatable bonds is 0. The number of sulfone groups is 1. The normalized spacial score (nSPS) is 16.4. The molecule has 3 nitrogen and oxygen atoms in total. The van der Waals surface area contributed by atoms with Crippen molar-refractivity contribution in [3.63, 3.8) is 0 Å². The molecule has 4 heteroatoms. The van der Waals surface area contributed by atoms with Crippen LogP contribution in [0.25, 0.3) is 0 Å². The molecule has 2 aromatic rings. The van der Waals surface area contributed by atoms with Gasteiger partial charge in [-0.3, -0.25) is 4.79 Å². The molecule has 0 saturated heterocycles. The first kappa shape index (κ1) is 12.1. The summed E-state index contributed by atoms with van der Waals surface area (Å²) in [5.74, 6) is -0.332. The molecular weight excluding hydrogens is 260 g/mol. The first-order valence-corrected chi connectivity index (χ1v) is 7.60. The largest absolute Gasteiger partial charge is 0.289 e. The third kappa shape index (κ3) is 1.88. The second-order valence-electron chi connectivity index (χ2n) is 4.74. The molecule has 1 aliphatic rings. The van der Waals surface area contributed by atoms with Gasteiger partial charge in [-0.1, -0.05) is 29.8 Å². The van der Waals surface area contributed by atoms with E-state index in [2.05, 4.69) is 0 Å². The van der Waals surface area contributed by atoms with Crippen molar-refractivity contribution in [3.05, 3.63) is 64.7 Å². The summed E-state index contributed by atoms with van der Waals surface area (Å²) >= 11 is 0. The lowest BCUT2D eigenvalue weighted by molar-refractivity contribution is 0.103. The number of benzene rings is 2. The van der Waals surface area contributed by atoms with Crippen LogP contribution >= 0.6 is 0 Å². The number of aryl methyl sites for hydroxylation is 1. The van der Waals surface area contributed by atoms with Gasteiger partial charge in [-0.25, -0.2) is 8.42 Å². The van der Waals surface area contributed by atoms with Gasteiger partial charge in [-0.05, 0) is 30.7 Å². The zero-order chi connectivity index (χ0) is 13.6. The molecule has 3 rings (SSSR count). The predicted octanol–water partition coefficient (Wildman–Crippen LogP) is 2.51. The fourth-order valence-corrected chi connectivity index (χ4v) is 3.98. The summed E-state index contributed by atoms with van der Waals surface area (Å²) in [5.41, 5.74) is 2.29. The number of carbonyl (C=O) groups excluding carboxylic acids is 1. The molecule has 0 aromatic heterocycles. The number of hydrogen-bond donors (Lipinski definition) is 0. The quantitative estimate of drug-likeness (QED) is 0.740. The highest BCUT2D eigenvalue weighted by molar-refractivity contribution is 7.90. The van der Waals surface area contributed by atoms with Gasteiger partial charge in [0.25, 0.3) is 0 Å². The summed E-state index contributed by atoms with van der Waals surface area (Å²) in [6.07, 6.45) is 0. The van der Waals surface area contributed by atoms with E-state index in [9.17, 15) is 13.2 Å². The lowest BCUT2D eigenvalue weighted by Gasteiger charge is -2.04. The molecule has 0 spiro atoms. The van der Waals surface area contributed by atoms with E-state index in [4.69, 9.17) is 0 Å². The SMILES string of the molecule is Cc1ccc2c(c1)C(=O)c1ccccc1S(=O)(=O)C2. The Morgan fingerprint density at radius 3 is 2.53 bits per heavy atom. The molecule has 0 N–H and O–H groups in total. The lowest BCUT2D eigenvalue weighted by atomic mass is 9.97. The molecule has 0 unspecified atom stereocenters. The summed E-state index contributed by atoms with van der Waals surface area (Å²) in [7, 11) is -3.46. The van der Waals surface area contributed by atoms with E-state index in [1.54, 1.807) is 30.3 Å². The monoisotopic (exact) mass is 272 g/mol. The predicted molar refractivity (Wildman–Crippen MR) is 71.9 cm³/mol. The molecule has 0 bridgehead atoms. The molecular formula is C15H12O3S. The van der Waals surface area contributed by atoms with Crippen molar-refractivity contribution in [1.29, 1.82) is 0 Å². The van der Waals surface area contributed by atoms with Crippen LogP contribution in [0.15, 0.2) is 47.4 Å². The Hall–Kier alpha value is -1.94. The summed E-state index contributed by atoms with van der Waals surface area (Å²) in [5, 5.41) is 0. The van der Waals surface area contributed by atoms with Crippen molar-refractivity contribution in [1.82, 2.24) is 0 Å². The fourth-order valence-electron chi connectivity index (χ4n) is 2.38. The van der Waals surface area contributed by atoms with Crippen LogP contribution in [0.3, 0.4) is 0 Å². The third-order valence-corrected chi connectivity index (χ3v) is 5.04. The van der Waals surface area contributed by atoms with Crippen LogP contribution in [0.1, 0.15) is 27.0 Å². The molecule has 2 aromatic carbocycles. The summed E-state index contributed by atoms with van der Waals surface area (Å²) in [6.45, 7) is 1.89. The number of ketones is 1. The van der Waals surface area contributed by atoms with Crippen LogP contribution in [0, 0.1) is 6.92 Å². The van der Waals surface area contributed by atoms with Gasteiger partial charge in [0.05, 0.1) is 10.6 Å². The van der Waals surface area contributed by atoms with Crippen LogP contribution < -0.4 is 0 Å². The van der Waals surface area contributed by atoms with Crippen molar-refractivity contribution >= 4 is 15.6 Å². The van der Waals surface area contributed by atoms with Crippen molar-refractivity contribution in [2.75, 3.05) is 0 Å². The zero-order valence-corrected chi connectivity index (χ0v) is 11.2. The minimum atomic E-state index is -3.46. The van der Waals surface area contributed by atoms with Gasteiger partial charge in [0.1, 0.15) is 0 Å². The van der Waals surface area contributed by atoms with Gasteiger partial charge in [-0.15, -0.1) is 0 Å². The van der Waals surface area contributed by atoms with Crippen molar-refractivity contribution < 1.29 is 13.2 Å². The topological polar surface area (TPSA) is 51.2 Å². The van der Waals surface area contributed by atoms with Gasteiger partial charge in [0.2, 0.25) is 0 Å². The van der Waals surface area contributed by atoms with Crippen LogP contribution in [0.2, 0.25) is 0 Å². The molecule has 0 aliphatic carbocycles. The van der Waals surface area contributed by atoms with Gasteiger partial charge in [-0.2, -0.15) is 0 Å². The van der Waals surface area contributed by atoms with Crippen LogP contribution in [-0.4, -0.2) is 14.2 Å². The Labute approximate surface area is 111 Å². The average Bonchev–Trinajstić information content (AvgIpc) is 2.47. The Kier molecular flexibility index (Phi) is 2.57. The first-order valence-electron chi connectivity index (χ1n) is 5.95. The minimum absolute atomic E-state index is 0.120. The van der Waals surface area contributed by atoms with Gasteiger partial charge in [0.15, 0.2) is 15.6 Å². The lowest BCUT2D eigenvalue weighted by Crippen LogP contribution is -2.05. The van der Waals surface area contributed by atoms with Crippen molar-refractivity contribution in [2.24, 2.45) is 0 Å². The molecule has 0 fully saturated rings. The zero-order valence-electron chi connectivity index (χ0n) is 10.4. The Morgan fingerprint density at radius 1 is 1.00 bits per heavy atom. The molecule has 1 aliphatic heterocycles. The molecule has 0 amide bonds. The molecule has 0 atom stereocenters. The number of carbonyl (C=O) groups is 1. The van der Waals surface area contributed by atoms with Gasteiger partial charge in [0, 0.05) is 11.1 Å². The summed E-state index contributed by atoms with van der Waals surface area (Å²) in [6, 6.07) is 11.7. The second-order valence-corrected chi connectivity index (χ2v) is 6.70. The van der Waals surface area contributed by atoms with E-state index in [1.807, 2.05) is 13.0 Å². The molecule has 96 valence electrons. The third-order valence-electron chi connectivity index (χ3n) is 3.32. The maximum atomic E-state index is 12.5. The highest BCUT2D eigenvalue weighted by Crippen LogP contribution is 2.29. The van der Waals surface area contributed by atoms with Gasteiger partial charge >= 0.3 is 0 Å². The van der Waals surface area contributed by atoms with E-state index in [0.717, 1.165) is 5.56 Å². The smallest absolute Gasteiger partial charge is 0.194 e. The minimum Gasteiger partial charge on any atom is -0.289 e. The fraction of sp³-hybridized carbons (Fsp3) is 0.133. The Morgan fingerprint density at radius 2 is 1.74 bits per heavy atom. The molecule has 19 heavy (non-hydrogen) atoms. The van der Waals surface area contributed by atoms with Crippen molar-refractivity contribution in [3.8, 4) is 0 Å². The van der Waals surface area contributed by atoms with E-state index in [-0.39, 0.29) is 22.0 Å².